The van der Waals surface area contributed by atoms with Gasteiger partial charge in [0, 0.05) is 17.8 Å². The van der Waals surface area contributed by atoms with Gasteiger partial charge < -0.3 is 14.4 Å². The van der Waals surface area contributed by atoms with Gasteiger partial charge in [-0.25, -0.2) is 0 Å². The lowest BCUT2D eigenvalue weighted by molar-refractivity contribution is 0.0980. The molecule has 4 heteroatoms. The zero-order chi connectivity index (χ0) is 15.7. The van der Waals surface area contributed by atoms with E-state index in [-0.39, 0.29) is 5.91 Å². The van der Waals surface area contributed by atoms with E-state index in [4.69, 9.17) is 9.47 Å². The van der Waals surface area contributed by atoms with E-state index in [1.807, 2.05) is 42.2 Å². The number of nitrogens with zero attached hydrogens (tertiary/aromatic N) is 1. The minimum absolute atomic E-state index is 0.00561. The van der Waals surface area contributed by atoms with Crippen molar-refractivity contribution in [1.29, 1.82) is 0 Å². The first-order valence-corrected chi connectivity index (χ1v) is 7.27. The first kappa shape index (κ1) is 14.4. The molecule has 3 rings (SSSR count). The molecule has 0 aromatic heterocycles. The molecular formula is C18H19NO3. The van der Waals surface area contributed by atoms with Crippen molar-refractivity contribution in [3.8, 4) is 11.5 Å². The van der Waals surface area contributed by atoms with Crippen LogP contribution in [0, 0.1) is 6.92 Å². The third-order valence-electron chi connectivity index (χ3n) is 4.04. The summed E-state index contributed by atoms with van der Waals surface area (Å²) >= 11 is 0. The van der Waals surface area contributed by atoms with E-state index in [0.717, 1.165) is 17.7 Å². The van der Waals surface area contributed by atoms with Gasteiger partial charge in [0.25, 0.3) is 5.91 Å². The molecule has 2 aromatic carbocycles. The van der Waals surface area contributed by atoms with Crippen molar-refractivity contribution in [1.82, 2.24) is 0 Å². The summed E-state index contributed by atoms with van der Waals surface area (Å²) in [5.74, 6) is 1.25. The number of aryl methyl sites for hydroxylation is 1. The third kappa shape index (κ3) is 2.41. The molecule has 1 aliphatic heterocycles. The van der Waals surface area contributed by atoms with Crippen LogP contribution in [0.25, 0.3) is 0 Å². The second kappa shape index (κ2) is 5.72. The van der Waals surface area contributed by atoms with Crippen LogP contribution < -0.4 is 14.4 Å². The summed E-state index contributed by atoms with van der Waals surface area (Å²) in [6.07, 6.45) is 0.801. The summed E-state index contributed by atoms with van der Waals surface area (Å²) in [6, 6.07) is 11.7. The normalized spacial score (nSPS) is 13.8. The van der Waals surface area contributed by atoms with Crippen LogP contribution in [0.4, 0.5) is 5.69 Å². The topological polar surface area (TPSA) is 38.8 Å². The van der Waals surface area contributed by atoms with E-state index < -0.39 is 0 Å². The van der Waals surface area contributed by atoms with Crippen LogP contribution in [0.3, 0.4) is 0 Å². The molecule has 0 N–H and O–H groups in total. The van der Waals surface area contributed by atoms with Crippen molar-refractivity contribution in [3.63, 3.8) is 0 Å². The highest BCUT2D eigenvalue weighted by Crippen LogP contribution is 2.34. The fraction of sp³-hybridized carbons (Fsp3) is 0.278. The Morgan fingerprint density at radius 2 is 1.64 bits per heavy atom. The number of carbonyl (C=O) groups excluding carboxylic acids is 1. The molecule has 4 nitrogen and oxygen atoms in total. The van der Waals surface area contributed by atoms with E-state index in [0.29, 0.717) is 23.6 Å². The molecule has 0 fully saturated rings. The second-order valence-electron chi connectivity index (χ2n) is 5.41. The van der Waals surface area contributed by atoms with E-state index in [2.05, 4.69) is 0 Å². The predicted molar refractivity (Wildman–Crippen MR) is 86.1 cm³/mol. The summed E-state index contributed by atoms with van der Waals surface area (Å²) in [5, 5.41) is 0. The summed E-state index contributed by atoms with van der Waals surface area (Å²) in [6.45, 7) is 2.71. The van der Waals surface area contributed by atoms with Crippen LogP contribution >= 0.6 is 0 Å². The van der Waals surface area contributed by atoms with Gasteiger partial charge in [-0.2, -0.15) is 0 Å². The van der Waals surface area contributed by atoms with Gasteiger partial charge in [-0.3, -0.25) is 4.79 Å². The Hall–Kier alpha value is -2.49. The van der Waals surface area contributed by atoms with Crippen LogP contribution in [0.1, 0.15) is 21.5 Å². The lowest BCUT2D eigenvalue weighted by atomic mass is 9.97. The van der Waals surface area contributed by atoms with Crippen LogP contribution in [0.15, 0.2) is 36.4 Å². The molecule has 0 aliphatic carbocycles. The van der Waals surface area contributed by atoms with Gasteiger partial charge >= 0.3 is 0 Å². The van der Waals surface area contributed by atoms with E-state index in [9.17, 15) is 4.79 Å². The van der Waals surface area contributed by atoms with Crippen molar-refractivity contribution < 1.29 is 14.3 Å². The maximum atomic E-state index is 12.8. The van der Waals surface area contributed by atoms with E-state index in [1.54, 1.807) is 20.3 Å². The molecule has 2 aromatic rings. The number of methoxy groups -OCH3 is 2. The average molecular weight is 297 g/mol. The molecule has 0 atom stereocenters. The van der Waals surface area contributed by atoms with Gasteiger partial charge in [0.05, 0.1) is 14.2 Å². The van der Waals surface area contributed by atoms with Gasteiger partial charge in [-0.15, -0.1) is 0 Å². The maximum Gasteiger partial charge on any atom is 0.258 e. The van der Waals surface area contributed by atoms with Gasteiger partial charge in [0.1, 0.15) is 0 Å². The quantitative estimate of drug-likeness (QED) is 0.873. The largest absolute Gasteiger partial charge is 0.493 e. The highest BCUT2D eigenvalue weighted by atomic mass is 16.5. The Morgan fingerprint density at radius 3 is 2.27 bits per heavy atom. The number of amides is 1. The van der Waals surface area contributed by atoms with Crippen LogP contribution in [0.5, 0.6) is 11.5 Å². The van der Waals surface area contributed by atoms with Gasteiger partial charge in [-0.1, -0.05) is 17.7 Å². The predicted octanol–water partition coefficient (Wildman–Crippen LogP) is 3.22. The van der Waals surface area contributed by atoms with Gasteiger partial charge in [0.15, 0.2) is 11.5 Å². The smallest absolute Gasteiger partial charge is 0.258 e. The fourth-order valence-electron chi connectivity index (χ4n) is 2.78. The summed E-state index contributed by atoms with van der Waals surface area (Å²) < 4.78 is 10.6. The third-order valence-corrected chi connectivity index (χ3v) is 4.04. The molecular weight excluding hydrogens is 278 g/mol. The average Bonchev–Trinajstić information content (AvgIpc) is 2.55. The van der Waals surface area contributed by atoms with E-state index in [1.165, 1.54) is 5.56 Å². The van der Waals surface area contributed by atoms with Crippen molar-refractivity contribution in [2.45, 2.75) is 13.3 Å². The first-order valence-electron chi connectivity index (χ1n) is 7.27. The molecule has 22 heavy (non-hydrogen) atoms. The fourth-order valence-corrected chi connectivity index (χ4v) is 2.78. The number of hydrogen-bond acceptors (Lipinski definition) is 3. The lowest BCUT2D eigenvalue weighted by Crippen LogP contribution is -2.37. The summed E-state index contributed by atoms with van der Waals surface area (Å²) in [5.41, 5.74) is 3.80. The minimum Gasteiger partial charge on any atom is -0.493 e. The SMILES string of the molecule is COc1cc2c(cc1OC)C(=O)N(c1ccc(C)cc1)CC2. The van der Waals surface area contributed by atoms with Crippen LogP contribution in [-0.4, -0.2) is 26.7 Å². The van der Waals surface area contributed by atoms with Crippen molar-refractivity contribution >= 4 is 11.6 Å². The number of fused-ring (bicyclic) bond motifs is 1. The number of benzene rings is 2. The number of hydrogen-bond donors (Lipinski definition) is 0. The number of ether oxygens (including phenoxy) is 2. The van der Waals surface area contributed by atoms with Gasteiger partial charge in [0.2, 0.25) is 0 Å². The number of rotatable bonds is 3. The molecule has 1 heterocycles. The molecule has 1 amide bonds. The van der Waals surface area contributed by atoms with Crippen molar-refractivity contribution in [2.75, 3.05) is 25.7 Å². The number of anilines is 1. The Kier molecular flexibility index (Phi) is 3.75. The Morgan fingerprint density at radius 1 is 1.00 bits per heavy atom. The number of carbonyl (C=O) groups is 1. The van der Waals surface area contributed by atoms with Gasteiger partial charge in [-0.05, 0) is 43.2 Å². The van der Waals surface area contributed by atoms with Crippen molar-refractivity contribution in [3.05, 3.63) is 53.1 Å². The minimum atomic E-state index is 0.00561. The first-order chi connectivity index (χ1) is 10.6. The Balaban J connectivity index is 2.00. The molecule has 0 spiro atoms. The zero-order valence-corrected chi connectivity index (χ0v) is 13.1. The molecule has 0 radical (unpaired) electrons. The standard InChI is InChI=1S/C18H19NO3/c1-12-4-6-14(7-5-12)19-9-8-13-10-16(21-2)17(22-3)11-15(13)18(19)20/h4-7,10-11H,8-9H2,1-3H3. The zero-order valence-electron chi connectivity index (χ0n) is 13.1. The molecule has 0 saturated heterocycles. The highest BCUT2D eigenvalue weighted by molar-refractivity contribution is 6.08. The Bertz CT molecular complexity index is 707. The highest BCUT2D eigenvalue weighted by Gasteiger charge is 2.27. The summed E-state index contributed by atoms with van der Waals surface area (Å²) in [7, 11) is 3.18. The van der Waals surface area contributed by atoms with Crippen molar-refractivity contribution in [2.24, 2.45) is 0 Å². The molecule has 1 aliphatic rings. The van der Waals surface area contributed by atoms with Crippen LogP contribution in [0.2, 0.25) is 0 Å². The second-order valence-corrected chi connectivity index (χ2v) is 5.41. The molecule has 114 valence electrons. The molecule has 0 saturated carbocycles. The lowest BCUT2D eigenvalue weighted by Gasteiger charge is -2.29. The molecule has 0 unspecified atom stereocenters. The Labute approximate surface area is 130 Å². The van der Waals surface area contributed by atoms with E-state index >= 15 is 0 Å². The summed E-state index contributed by atoms with van der Waals surface area (Å²) in [4.78, 5) is 14.6. The van der Waals surface area contributed by atoms with Crippen LogP contribution in [-0.2, 0) is 6.42 Å². The maximum absolute atomic E-state index is 12.8. The molecule has 0 bridgehead atoms. The monoisotopic (exact) mass is 297 g/mol.